The first-order valence-corrected chi connectivity index (χ1v) is 34.2. The Morgan fingerprint density at radius 1 is 0.426 bits per heavy atom. The van der Waals surface area contributed by atoms with E-state index in [9.17, 15) is 84.3 Å². The van der Waals surface area contributed by atoms with Crippen molar-refractivity contribution in [1.29, 1.82) is 0 Å². The lowest BCUT2D eigenvalue weighted by atomic mass is 9.74. The number of hydrogen-bond acceptors (Lipinski definition) is 31. The van der Waals surface area contributed by atoms with Gasteiger partial charge in [-0.25, -0.2) is 0 Å². The zero-order valence-corrected chi connectivity index (χ0v) is 58.1. The number of carbonyl (C=O) groups excluding carboxylic acids is 8. The van der Waals surface area contributed by atoms with E-state index < -0.39 is 159 Å². The minimum Gasteiger partial charge on any atom is -0.396 e. The van der Waals surface area contributed by atoms with Gasteiger partial charge in [-0.1, -0.05) is 0 Å². The smallest absolute Gasteiger partial charge is 0.246 e. The summed E-state index contributed by atoms with van der Waals surface area (Å²) < 4.78 is 77.6. The summed E-state index contributed by atoms with van der Waals surface area (Å²) in [4.78, 5) is 98.9. The molecule has 0 aromatic rings. The molecule has 586 valence electrons. The van der Waals surface area contributed by atoms with Crippen LogP contribution in [0.15, 0.2) is 0 Å². The zero-order chi connectivity index (χ0) is 74.2. The number of unbranched alkanes of at least 4 members (excludes halogenated alkanes) is 2. The van der Waals surface area contributed by atoms with Gasteiger partial charge in [0.15, 0.2) is 12.6 Å². The molecule has 2 heterocycles. The van der Waals surface area contributed by atoms with Crippen molar-refractivity contribution in [2.75, 3.05) is 185 Å². The normalized spacial score (nSPS) is 25.7. The maximum absolute atomic E-state index is 13.6. The second-order valence-electron chi connectivity index (χ2n) is 24.0. The Morgan fingerprint density at radius 2 is 0.822 bits per heavy atom. The fourth-order valence-electron chi connectivity index (χ4n) is 11.0. The zero-order valence-electron chi connectivity index (χ0n) is 58.1. The van der Waals surface area contributed by atoms with Gasteiger partial charge in [0.1, 0.15) is 62.5 Å². The number of nitrogens with one attached hydrogen (secondary N) is 7. The summed E-state index contributed by atoms with van der Waals surface area (Å²) in [5.41, 5.74) is 0. The van der Waals surface area contributed by atoms with Crippen molar-refractivity contribution >= 4 is 47.6 Å². The van der Waals surface area contributed by atoms with Crippen molar-refractivity contribution in [3.8, 4) is 0 Å². The molecule has 101 heavy (non-hydrogen) atoms. The molecule has 3 rings (SSSR count). The summed E-state index contributed by atoms with van der Waals surface area (Å²) in [5.74, 6) is -5.20. The van der Waals surface area contributed by atoms with E-state index in [0.717, 1.165) is 0 Å². The van der Waals surface area contributed by atoms with E-state index in [-0.39, 0.29) is 183 Å². The van der Waals surface area contributed by atoms with Crippen molar-refractivity contribution in [3.05, 3.63) is 0 Å². The van der Waals surface area contributed by atoms with E-state index in [2.05, 4.69) is 37.2 Å². The Kier molecular flexibility index (Phi) is 48.8. The number of aliphatic hydroxyl groups excluding tert-OH is 9. The van der Waals surface area contributed by atoms with E-state index in [1.807, 2.05) is 0 Å². The van der Waals surface area contributed by atoms with Crippen LogP contribution >= 0.6 is 0 Å². The van der Waals surface area contributed by atoms with Gasteiger partial charge in [0.2, 0.25) is 41.4 Å². The van der Waals surface area contributed by atoms with Crippen molar-refractivity contribution in [2.24, 2.45) is 17.8 Å². The van der Waals surface area contributed by atoms with Crippen LogP contribution in [0.5, 0.6) is 0 Å². The molecule has 0 bridgehead atoms. The number of hydrogen-bond donors (Lipinski definition) is 16. The lowest BCUT2D eigenvalue weighted by Gasteiger charge is -2.43. The van der Waals surface area contributed by atoms with Crippen molar-refractivity contribution in [3.63, 3.8) is 0 Å². The molecular formula is C63H113N7O31. The summed E-state index contributed by atoms with van der Waals surface area (Å²) in [5, 5.41) is 109. The molecule has 38 nitrogen and oxygen atoms in total. The molecule has 38 heteroatoms. The van der Waals surface area contributed by atoms with Crippen LogP contribution in [0, 0.1) is 17.8 Å². The number of aliphatic hydroxyl groups is 9. The van der Waals surface area contributed by atoms with Crippen LogP contribution in [0.2, 0.25) is 0 Å². The summed E-state index contributed by atoms with van der Waals surface area (Å²) in [7, 11) is 0. The standard InChI is InChI=1S/C63H113N7O31/c1-40(77)66-54-48(30-43(31-71)45(33-73)57(54)83)97-27-24-91-15-12-88-18-21-94-37-51(80)64-10-6-4-8-44(32-72)69-61(87)47(70-53(82)39-96-23-20-90-14-17-93-26-29-99-63-56(68-42(3)79)60(86)59(85)50(36-76)101-63)9-5-7-11-65-52(81)38-95-22-19-89-13-16-92-25-28-98-62-55(67-41(2)78)58(84)46(34-74)49(35-75)100-62/h32,43-50,54-60,62-63,71,73-76,83-86H,4-31,33-39H2,1-3H3,(H,64,80)(H,65,81)(H,66,77)(H,67,78)(H,68,79)(H,69,87)(H,70,82)/t43?,44-,45-,46-,47?,48+,49?,50?,54?,55?,56?,57?,58?,59-,60?,62+,63+/m0/s1. The minimum absolute atomic E-state index is 0.00597. The van der Waals surface area contributed by atoms with Crippen molar-refractivity contribution < 1.29 is 151 Å². The summed E-state index contributed by atoms with van der Waals surface area (Å²) in [6.45, 7) is 3.35. The van der Waals surface area contributed by atoms with Gasteiger partial charge in [0, 0.05) is 58.9 Å². The molecule has 1 saturated carbocycles. The number of rotatable bonds is 58. The van der Waals surface area contributed by atoms with Crippen LogP contribution in [0.4, 0.5) is 0 Å². The van der Waals surface area contributed by atoms with Crippen LogP contribution in [0.3, 0.4) is 0 Å². The second-order valence-corrected chi connectivity index (χ2v) is 24.0. The summed E-state index contributed by atoms with van der Waals surface area (Å²) >= 11 is 0. The summed E-state index contributed by atoms with van der Waals surface area (Å²) in [6, 6.07) is -4.87. The molecule has 0 radical (unpaired) electrons. The maximum Gasteiger partial charge on any atom is 0.246 e. The maximum atomic E-state index is 13.6. The second kappa shape index (κ2) is 54.6. The van der Waals surface area contributed by atoms with Gasteiger partial charge in [-0.2, -0.15) is 0 Å². The molecule has 1 aliphatic carbocycles. The lowest BCUT2D eigenvalue weighted by molar-refractivity contribution is -0.272. The SMILES string of the molecule is CC(=O)NC1C(O)[C@@H](O)C(CO)O[C@H]1OCCOCCOCCOCC(=O)NC(CCCCNC(=O)COCCOCCOCCO[C@@H]1OC(CO)[C@H](CO)C(O)C1NC(C)=O)C(=O)N[C@H](C=O)CCCCNC(=O)COCCOCCOCCO[C@@H]1CC(CO)[C@H](CO)C(O)C1NC(C)=O. The Morgan fingerprint density at radius 3 is 1.26 bits per heavy atom. The Hall–Kier alpha value is -4.96. The van der Waals surface area contributed by atoms with Crippen LogP contribution in [0.25, 0.3) is 0 Å². The molecule has 7 amide bonds. The average Bonchev–Trinajstić information content (AvgIpc) is 0.818. The highest BCUT2D eigenvalue weighted by molar-refractivity contribution is 5.89. The van der Waals surface area contributed by atoms with Crippen LogP contribution in [0.1, 0.15) is 65.7 Å². The van der Waals surface area contributed by atoms with E-state index in [1.54, 1.807) is 0 Å². The van der Waals surface area contributed by atoms with E-state index in [4.69, 9.17) is 66.3 Å². The third-order valence-corrected chi connectivity index (χ3v) is 16.2. The predicted molar refractivity (Wildman–Crippen MR) is 347 cm³/mol. The molecule has 3 fully saturated rings. The van der Waals surface area contributed by atoms with Crippen LogP contribution in [-0.4, -0.2) is 364 Å². The first kappa shape index (κ1) is 90.3. The Balaban J connectivity index is 1.33. The molecule has 10 unspecified atom stereocenters. The van der Waals surface area contributed by atoms with Gasteiger partial charge in [0.25, 0.3) is 0 Å². The highest BCUT2D eigenvalue weighted by Crippen LogP contribution is 2.33. The number of amides is 7. The first-order valence-electron chi connectivity index (χ1n) is 34.2. The van der Waals surface area contributed by atoms with Gasteiger partial charge in [-0.3, -0.25) is 33.6 Å². The lowest BCUT2D eigenvalue weighted by Crippen LogP contribution is -2.64. The van der Waals surface area contributed by atoms with Gasteiger partial charge in [-0.15, -0.1) is 0 Å². The van der Waals surface area contributed by atoms with Crippen LogP contribution in [-0.2, 0) is 105 Å². The molecule has 16 N–H and O–H groups in total. The third-order valence-electron chi connectivity index (χ3n) is 16.2. The molecular weight excluding hydrogens is 1350 g/mol. The topological polar surface area (TPSA) is 532 Å². The van der Waals surface area contributed by atoms with E-state index >= 15 is 0 Å². The van der Waals surface area contributed by atoms with Crippen molar-refractivity contribution in [1.82, 2.24) is 37.2 Å². The monoisotopic (exact) mass is 1460 g/mol. The Labute approximate surface area is 587 Å². The highest BCUT2D eigenvalue weighted by Gasteiger charge is 2.48. The van der Waals surface area contributed by atoms with Gasteiger partial charge in [0.05, 0.1) is 175 Å². The predicted octanol–water partition coefficient (Wildman–Crippen LogP) is -8.08. The van der Waals surface area contributed by atoms with Gasteiger partial charge in [-0.05, 0) is 50.9 Å². The average molecular weight is 1460 g/mol. The number of aldehydes is 1. The third kappa shape index (κ3) is 37.0. The number of carbonyl (C=O) groups is 8. The van der Waals surface area contributed by atoms with Gasteiger partial charge < -0.3 is 154 Å². The largest absolute Gasteiger partial charge is 0.396 e. The molecule has 0 aromatic carbocycles. The minimum atomic E-state index is -1.46. The quantitative estimate of drug-likeness (QED) is 0.0199. The molecule has 3 aliphatic rings. The van der Waals surface area contributed by atoms with Crippen molar-refractivity contribution in [2.45, 2.75) is 151 Å². The highest BCUT2D eigenvalue weighted by atomic mass is 16.7. The van der Waals surface area contributed by atoms with Gasteiger partial charge >= 0.3 is 0 Å². The van der Waals surface area contributed by atoms with E-state index in [1.165, 1.54) is 20.8 Å². The molecule has 17 atom stereocenters. The molecule has 2 aliphatic heterocycles. The fraction of sp³-hybridized carbons (Fsp3) is 0.873. The molecule has 0 aromatic heterocycles. The van der Waals surface area contributed by atoms with E-state index in [0.29, 0.717) is 38.4 Å². The van der Waals surface area contributed by atoms with Crippen LogP contribution < -0.4 is 37.2 Å². The summed E-state index contributed by atoms with van der Waals surface area (Å²) in [6.07, 6.45) is -7.29. The fourth-order valence-corrected chi connectivity index (χ4v) is 11.0. The Bertz CT molecular complexity index is 2300. The molecule has 2 saturated heterocycles. The first-order chi connectivity index (χ1) is 48.7. The molecule has 0 spiro atoms. The number of ether oxygens (including phenoxy) is 14.